The summed E-state index contributed by atoms with van der Waals surface area (Å²) in [7, 11) is 0. The van der Waals surface area contributed by atoms with E-state index in [-0.39, 0.29) is 18.9 Å². The van der Waals surface area contributed by atoms with E-state index < -0.39 is 24.5 Å². The Bertz CT molecular complexity index is 1150. The van der Waals surface area contributed by atoms with Gasteiger partial charge in [-0.3, -0.25) is 19.3 Å². The van der Waals surface area contributed by atoms with Gasteiger partial charge in [-0.05, 0) is 29.7 Å². The largest absolute Gasteiger partial charge is 0.480 e. The Morgan fingerprint density at radius 3 is 2.09 bits per heavy atom. The van der Waals surface area contributed by atoms with Crippen LogP contribution in [0.25, 0.3) is 0 Å². The summed E-state index contributed by atoms with van der Waals surface area (Å²) >= 11 is 0. The first kappa shape index (κ1) is 23.0. The van der Waals surface area contributed by atoms with E-state index in [1.807, 2.05) is 77.7 Å². The van der Waals surface area contributed by atoms with E-state index in [0.29, 0.717) is 18.7 Å². The molecule has 174 valence electrons. The molecule has 7 nitrogen and oxygen atoms in total. The molecule has 2 N–H and O–H groups in total. The van der Waals surface area contributed by atoms with Crippen molar-refractivity contribution in [3.05, 3.63) is 96.1 Å². The van der Waals surface area contributed by atoms with E-state index in [0.717, 1.165) is 16.8 Å². The number of benzene rings is 3. The molecule has 0 spiro atoms. The van der Waals surface area contributed by atoms with Gasteiger partial charge in [-0.2, -0.15) is 0 Å². The minimum absolute atomic E-state index is 0.234. The fraction of sp³-hybridized carbons (Fsp3) is 0.222. The summed E-state index contributed by atoms with van der Waals surface area (Å²) < 4.78 is 0. The summed E-state index contributed by atoms with van der Waals surface area (Å²) in [6.45, 7) is 0.270. The molecule has 2 amide bonds. The third-order valence-corrected chi connectivity index (χ3v) is 5.81. The summed E-state index contributed by atoms with van der Waals surface area (Å²) in [5.41, 5.74) is 3.36. The smallest absolute Gasteiger partial charge is 0.323 e. The lowest BCUT2D eigenvalue weighted by atomic mass is 10.1. The van der Waals surface area contributed by atoms with Crippen molar-refractivity contribution in [2.24, 2.45) is 0 Å². The number of anilines is 2. The second-order valence-electron chi connectivity index (χ2n) is 8.28. The Morgan fingerprint density at radius 2 is 1.44 bits per heavy atom. The van der Waals surface area contributed by atoms with Gasteiger partial charge >= 0.3 is 5.97 Å². The molecule has 1 atom stereocenters. The molecule has 0 unspecified atom stereocenters. The maximum atomic E-state index is 13.5. The van der Waals surface area contributed by atoms with Crippen molar-refractivity contribution in [3.63, 3.8) is 0 Å². The molecule has 0 saturated heterocycles. The van der Waals surface area contributed by atoms with Gasteiger partial charge in [0.25, 0.3) is 5.91 Å². The molecule has 3 aromatic carbocycles. The Morgan fingerprint density at radius 1 is 0.853 bits per heavy atom. The molecule has 4 rings (SSSR count). The number of amides is 2. The van der Waals surface area contributed by atoms with Crippen molar-refractivity contribution < 1.29 is 19.5 Å². The van der Waals surface area contributed by atoms with Crippen LogP contribution in [-0.4, -0.2) is 42.0 Å². The lowest BCUT2D eigenvalue weighted by molar-refractivity contribution is -0.136. The fourth-order valence-corrected chi connectivity index (χ4v) is 4.19. The van der Waals surface area contributed by atoms with E-state index in [1.165, 1.54) is 4.90 Å². The number of carboxylic acids is 1. The summed E-state index contributed by atoms with van der Waals surface area (Å²) in [6, 6.07) is 25.9. The highest BCUT2D eigenvalue weighted by atomic mass is 16.4. The lowest BCUT2D eigenvalue weighted by Crippen LogP contribution is -2.53. The second kappa shape index (κ2) is 10.7. The molecule has 0 fully saturated rings. The first-order valence-corrected chi connectivity index (χ1v) is 11.3. The van der Waals surface area contributed by atoms with Crippen LogP contribution in [0.3, 0.4) is 0 Å². The van der Waals surface area contributed by atoms with Crippen LogP contribution in [0, 0.1) is 0 Å². The molecule has 34 heavy (non-hydrogen) atoms. The maximum Gasteiger partial charge on any atom is 0.323 e. The van der Waals surface area contributed by atoms with Gasteiger partial charge in [-0.1, -0.05) is 72.8 Å². The van der Waals surface area contributed by atoms with E-state index >= 15 is 0 Å². The highest BCUT2D eigenvalue weighted by molar-refractivity contribution is 6.05. The van der Waals surface area contributed by atoms with Gasteiger partial charge in [0.1, 0.15) is 12.6 Å². The van der Waals surface area contributed by atoms with Crippen LogP contribution in [-0.2, 0) is 27.3 Å². The van der Waals surface area contributed by atoms with E-state index in [2.05, 4.69) is 5.32 Å². The molecule has 0 radical (unpaired) electrons. The van der Waals surface area contributed by atoms with Crippen LogP contribution in [0.4, 0.5) is 11.4 Å². The molecule has 7 heteroatoms. The standard InChI is InChI=1S/C27H27N3O4/c31-25(16-15-20-9-3-1-4-10-20)28-22-18-29(17-21-11-5-2-6-12-21)23-13-7-8-14-24(23)30(27(22)34)19-26(32)33/h1-14,22H,15-19H2,(H,28,31)(H,32,33)/t22-/m0/s1. The monoisotopic (exact) mass is 457 g/mol. The van der Waals surface area contributed by atoms with E-state index in [1.54, 1.807) is 12.1 Å². The van der Waals surface area contributed by atoms with Gasteiger partial charge in [0.05, 0.1) is 11.4 Å². The second-order valence-corrected chi connectivity index (χ2v) is 8.28. The number of carboxylic acid groups (broad SMARTS) is 1. The van der Waals surface area contributed by atoms with Crippen LogP contribution in [0.1, 0.15) is 17.5 Å². The normalized spacial score (nSPS) is 15.4. The quantitative estimate of drug-likeness (QED) is 0.542. The molecule has 3 aromatic rings. The van der Waals surface area contributed by atoms with Crippen LogP contribution in [0.15, 0.2) is 84.9 Å². The van der Waals surface area contributed by atoms with Crippen molar-refractivity contribution in [2.75, 3.05) is 22.9 Å². The first-order valence-electron chi connectivity index (χ1n) is 11.3. The van der Waals surface area contributed by atoms with Gasteiger partial charge in [0.2, 0.25) is 5.91 Å². The molecule has 0 saturated carbocycles. The van der Waals surface area contributed by atoms with E-state index in [4.69, 9.17) is 0 Å². The average Bonchev–Trinajstić information content (AvgIpc) is 2.95. The fourth-order valence-electron chi connectivity index (χ4n) is 4.19. The van der Waals surface area contributed by atoms with Crippen molar-refractivity contribution in [3.8, 4) is 0 Å². The van der Waals surface area contributed by atoms with Crippen LogP contribution in [0.2, 0.25) is 0 Å². The zero-order chi connectivity index (χ0) is 23.9. The summed E-state index contributed by atoms with van der Waals surface area (Å²) in [4.78, 5) is 41.1. The van der Waals surface area contributed by atoms with Gasteiger partial charge in [0.15, 0.2) is 0 Å². The molecule has 1 aliphatic heterocycles. The number of carbonyl (C=O) groups is 3. The highest BCUT2D eigenvalue weighted by Gasteiger charge is 2.35. The number of carbonyl (C=O) groups excluding carboxylic acids is 2. The minimum Gasteiger partial charge on any atom is -0.480 e. The van der Waals surface area contributed by atoms with Crippen LogP contribution >= 0.6 is 0 Å². The molecule has 1 heterocycles. The van der Waals surface area contributed by atoms with Gasteiger partial charge < -0.3 is 15.3 Å². The number of para-hydroxylation sites is 2. The molecule has 1 aliphatic rings. The van der Waals surface area contributed by atoms with Gasteiger partial charge in [0, 0.05) is 19.5 Å². The lowest BCUT2D eigenvalue weighted by Gasteiger charge is -2.27. The number of nitrogens with one attached hydrogen (secondary N) is 1. The number of hydrogen-bond acceptors (Lipinski definition) is 4. The summed E-state index contributed by atoms with van der Waals surface area (Å²) in [6.07, 6.45) is 0.790. The predicted octanol–water partition coefficient (Wildman–Crippen LogP) is 3.24. The maximum absolute atomic E-state index is 13.5. The van der Waals surface area contributed by atoms with Crippen LogP contribution in [0.5, 0.6) is 0 Å². The summed E-state index contributed by atoms with van der Waals surface area (Å²) in [5.74, 6) is -1.80. The first-order chi connectivity index (χ1) is 16.5. The highest BCUT2D eigenvalue weighted by Crippen LogP contribution is 2.33. The zero-order valence-corrected chi connectivity index (χ0v) is 18.8. The third kappa shape index (κ3) is 5.61. The van der Waals surface area contributed by atoms with Crippen molar-refractivity contribution in [2.45, 2.75) is 25.4 Å². The Labute approximate surface area is 198 Å². The zero-order valence-electron chi connectivity index (χ0n) is 18.8. The number of rotatable bonds is 8. The van der Waals surface area contributed by atoms with Gasteiger partial charge in [-0.15, -0.1) is 0 Å². The number of fused-ring (bicyclic) bond motifs is 1. The SMILES string of the molecule is O=C(O)CN1C(=O)[C@@H](NC(=O)CCc2ccccc2)CN(Cc2ccccc2)c2ccccc21. The van der Waals surface area contributed by atoms with E-state index in [9.17, 15) is 19.5 Å². The molecule has 0 aliphatic carbocycles. The number of aryl methyl sites for hydroxylation is 1. The molecule has 0 bridgehead atoms. The minimum atomic E-state index is -1.12. The van der Waals surface area contributed by atoms with Gasteiger partial charge in [-0.25, -0.2) is 0 Å². The Kier molecular flexibility index (Phi) is 7.22. The van der Waals surface area contributed by atoms with Crippen LogP contribution < -0.4 is 15.1 Å². The number of nitrogens with zero attached hydrogens (tertiary/aromatic N) is 2. The molecular formula is C27H27N3O4. The number of aliphatic carboxylic acids is 1. The topological polar surface area (TPSA) is 90.0 Å². The average molecular weight is 458 g/mol. The third-order valence-electron chi connectivity index (χ3n) is 5.81. The number of hydrogen-bond donors (Lipinski definition) is 2. The molecule has 0 aromatic heterocycles. The Balaban J connectivity index is 1.60. The predicted molar refractivity (Wildman–Crippen MR) is 131 cm³/mol. The van der Waals surface area contributed by atoms with Crippen molar-refractivity contribution in [1.29, 1.82) is 0 Å². The summed E-state index contributed by atoms with van der Waals surface area (Å²) in [5, 5.41) is 12.4. The Hall–Kier alpha value is -4.13. The van der Waals surface area contributed by atoms with Crippen molar-refractivity contribution in [1.82, 2.24) is 5.32 Å². The molecular weight excluding hydrogens is 430 g/mol. The van der Waals surface area contributed by atoms with Crippen molar-refractivity contribution >= 4 is 29.2 Å².